The highest BCUT2D eigenvalue weighted by Gasteiger charge is 2.20. The first kappa shape index (κ1) is 20.1. The van der Waals surface area contributed by atoms with Gasteiger partial charge in [0.1, 0.15) is 11.6 Å². The van der Waals surface area contributed by atoms with E-state index in [0.29, 0.717) is 24.0 Å². The Morgan fingerprint density at radius 2 is 1.59 bits per heavy atom. The standard InChI is InChI=1S/C24H24FN7/c25-19-9-3-4-11-21(19)32-14-12-31(13-15-32)16-22-28-23(26)30-24(29-22)27-20-10-5-7-17-6-1-2-8-18(17)20/h1-11H,12-16H2,(H3,26,27,28,29,30). The highest BCUT2D eigenvalue weighted by atomic mass is 19.1. The summed E-state index contributed by atoms with van der Waals surface area (Å²) in [5.74, 6) is 1.03. The summed E-state index contributed by atoms with van der Waals surface area (Å²) in [7, 11) is 0. The molecule has 0 spiro atoms. The topological polar surface area (TPSA) is 83.2 Å². The average molecular weight is 430 g/mol. The SMILES string of the molecule is Nc1nc(CN2CCN(c3ccccc3F)CC2)nc(Nc2cccc3ccccc23)n1. The smallest absolute Gasteiger partial charge is 0.232 e. The van der Waals surface area contributed by atoms with Gasteiger partial charge in [0, 0.05) is 37.3 Å². The molecule has 8 heteroatoms. The number of hydrogen-bond donors (Lipinski definition) is 2. The molecule has 0 atom stereocenters. The number of anilines is 4. The van der Waals surface area contributed by atoms with Crippen LogP contribution in [0.2, 0.25) is 0 Å². The lowest BCUT2D eigenvalue weighted by Gasteiger charge is -2.35. The van der Waals surface area contributed by atoms with Gasteiger partial charge < -0.3 is 16.0 Å². The summed E-state index contributed by atoms with van der Waals surface area (Å²) in [5.41, 5.74) is 7.54. The molecule has 7 nitrogen and oxygen atoms in total. The Hall–Kier alpha value is -3.78. The number of nitrogens with one attached hydrogen (secondary N) is 1. The predicted molar refractivity (Wildman–Crippen MR) is 125 cm³/mol. The van der Waals surface area contributed by atoms with E-state index >= 15 is 0 Å². The normalized spacial score (nSPS) is 14.6. The molecular formula is C24H24FN7. The first-order chi connectivity index (χ1) is 15.7. The van der Waals surface area contributed by atoms with Crippen molar-refractivity contribution in [3.05, 3.63) is 78.4 Å². The van der Waals surface area contributed by atoms with Gasteiger partial charge in [-0.15, -0.1) is 0 Å². The van der Waals surface area contributed by atoms with Gasteiger partial charge in [-0.2, -0.15) is 15.0 Å². The fraction of sp³-hybridized carbons (Fsp3) is 0.208. The summed E-state index contributed by atoms with van der Waals surface area (Å²) >= 11 is 0. The van der Waals surface area contributed by atoms with Gasteiger partial charge in [0.05, 0.1) is 12.2 Å². The zero-order valence-electron chi connectivity index (χ0n) is 17.6. The number of nitrogens with two attached hydrogens (primary N) is 1. The van der Waals surface area contributed by atoms with E-state index in [9.17, 15) is 4.39 Å². The molecule has 1 aliphatic heterocycles. The lowest BCUT2D eigenvalue weighted by Crippen LogP contribution is -2.46. The maximum absolute atomic E-state index is 14.1. The van der Waals surface area contributed by atoms with E-state index in [1.165, 1.54) is 6.07 Å². The molecular weight excluding hydrogens is 405 g/mol. The highest BCUT2D eigenvalue weighted by molar-refractivity contribution is 5.94. The summed E-state index contributed by atoms with van der Waals surface area (Å²) in [6.45, 7) is 3.60. The molecule has 3 aromatic carbocycles. The van der Waals surface area contributed by atoms with Gasteiger partial charge in [0.2, 0.25) is 11.9 Å². The van der Waals surface area contributed by atoms with E-state index in [2.05, 4.69) is 48.3 Å². The number of aromatic nitrogens is 3. The van der Waals surface area contributed by atoms with Crippen LogP contribution >= 0.6 is 0 Å². The van der Waals surface area contributed by atoms with Crippen molar-refractivity contribution >= 4 is 34.0 Å². The monoisotopic (exact) mass is 429 g/mol. The first-order valence-electron chi connectivity index (χ1n) is 10.6. The van der Waals surface area contributed by atoms with Crippen LogP contribution in [0.25, 0.3) is 10.8 Å². The van der Waals surface area contributed by atoms with Crippen molar-refractivity contribution in [1.82, 2.24) is 19.9 Å². The van der Waals surface area contributed by atoms with Crippen LogP contribution in [-0.4, -0.2) is 46.0 Å². The van der Waals surface area contributed by atoms with Gasteiger partial charge in [-0.05, 0) is 23.6 Å². The molecule has 32 heavy (non-hydrogen) atoms. The molecule has 162 valence electrons. The molecule has 0 amide bonds. The maximum Gasteiger partial charge on any atom is 0.232 e. The summed E-state index contributed by atoms with van der Waals surface area (Å²) in [5, 5.41) is 5.50. The molecule has 1 aromatic heterocycles. The van der Waals surface area contributed by atoms with E-state index < -0.39 is 0 Å². The van der Waals surface area contributed by atoms with Crippen LogP contribution in [0.4, 0.5) is 27.7 Å². The number of para-hydroxylation sites is 1. The maximum atomic E-state index is 14.1. The zero-order chi connectivity index (χ0) is 21.9. The number of hydrogen-bond acceptors (Lipinski definition) is 7. The molecule has 0 unspecified atom stereocenters. The summed E-state index contributed by atoms with van der Waals surface area (Å²) in [6, 6.07) is 21.1. The third kappa shape index (κ3) is 4.31. The quantitative estimate of drug-likeness (QED) is 0.499. The largest absolute Gasteiger partial charge is 0.368 e. The second kappa shape index (κ2) is 8.76. The van der Waals surface area contributed by atoms with Crippen LogP contribution < -0.4 is 16.0 Å². The third-order valence-electron chi connectivity index (χ3n) is 5.67. The van der Waals surface area contributed by atoms with Crippen molar-refractivity contribution in [1.29, 1.82) is 0 Å². The zero-order valence-corrected chi connectivity index (χ0v) is 17.6. The second-order valence-corrected chi connectivity index (χ2v) is 7.80. The molecule has 0 radical (unpaired) electrons. The van der Waals surface area contributed by atoms with Crippen LogP contribution in [0.1, 0.15) is 5.82 Å². The minimum atomic E-state index is -0.185. The number of piperazine rings is 1. The molecule has 0 saturated carbocycles. The fourth-order valence-electron chi connectivity index (χ4n) is 4.07. The van der Waals surface area contributed by atoms with Crippen molar-refractivity contribution in [2.75, 3.05) is 42.1 Å². The van der Waals surface area contributed by atoms with E-state index in [1.54, 1.807) is 6.07 Å². The van der Waals surface area contributed by atoms with Crippen molar-refractivity contribution in [3.8, 4) is 0 Å². The number of benzene rings is 3. The van der Waals surface area contributed by atoms with Gasteiger partial charge in [-0.3, -0.25) is 4.90 Å². The molecule has 3 N–H and O–H groups in total. The lowest BCUT2D eigenvalue weighted by molar-refractivity contribution is 0.243. The first-order valence-corrected chi connectivity index (χ1v) is 10.6. The van der Waals surface area contributed by atoms with Crippen molar-refractivity contribution in [3.63, 3.8) is 0 Å². The van der Waals surface area contributed by atoms with Crippen molar-refractivity contribution in [2.24, 2.45) is 0 Å². The van der Waals surface area contributed by atoms with Gasteiger partial charge in [-0.1, -0.05) is 48.5 Å². The van der Waals surface area contributed by atoms with E-state index in [4.69, 9.17) is 5.73 Å². The number of halogens is 1. The number of nitrogens with zero attached hydrogens (tertiary/aromatic N) is 5. The Morgan fingerprint density at radius 1 is 0.844 bits per heavy atom. The Labute approximate surface area is 185 Å². The Kier molecular flexibility index (Phi) is 5.51. The number of fused-ring (bicyclic) bond motifs is 1. The summed E-state index contributed by atoms with van der Waals surface area (Å²) in [4.78, 5) is 17.5. The Morgan fingerprint density at radius 3 is 2.44 bits per heavy atom. The van der Waals surface area contributed by atoms with E-state index in [-0.39, 0.29) is 11.8 Å². The molecule has 1 saturated heterocycles. The Bertz CT molecular complexity index is 1230. The predicted octanol–water partition coefficient (Wildman–Crippen LogP) is 3.81. The van der Waals surface area contributed by atoms with Crippen LogP contribution in [-0.2, 0) is 6.54 Å². The fourth-order valence-corrected chi connectivity index (χ4v) is 4.07. The van der Waals surface area contributed by atoms with Gasteiger partial charge in [0.25, 0.3) is 0 Å². The summed E-state index contributed by atoms with van der Waals surface area (Å²) in [6.07, 6.45) is 0. The Balaban J connectivity index is 1.28. The van der Waals surface area contributed by atoms with Gasteiger partial charge in [-0.25, -0.2) is 4.39 Å². The molecule has 1 aliphatic rings. The molecule has 0 bridgehead atoms. The highest BCUT2D eigenvalue weighted by Crippen LogP contribution is 2.25. The van der Waals surface area contributed by atoms with Crippen LogP contribution in [0.5, 0.6) is 0 Å². The third-order valence-corrected chi connectivity index (χ3v) is 5.67. The molecule has 1 fully saturated rings. The van der Waals surface area contributed by atoms with E-state index in [0.717, 1.165) is 42.6 Å². The van der Waals surface area contributed by atoms with E-state index in [1.807, 2.05) is 36.4 Å². The lowest BCUT2D eigenvalue weighted by atomic mass is 10.1. The van der Waals surface area contributed by atoms with Crippen LogP contribution in [0.15, 0.2) is 66.7 Å². The molecule has 4 aromatic rings. The number of rotatable bonds is 5. The van der Waals surface area contributed by atoms with Crippen LogP contribution in [0.3, 0.4) is 0 Å². The summed E-state index contributed by atoms with van der Waals surface area (Å²) < 4.78 is 14.1. The molecule has 2 heterocycles. The van der Waals surface area contributed by atoms with Gasteiger partial charge in [0.15, 0.2) is 0 Å². The van der Waals surface area contributed by atoms with Crippen molar-refractivity contribution < 1.29 is 4.39 Å². The number of nitrogen functional groups attached to an aromatic ring is 1. The van der Waals surface area contributed by atoms with Crippen LogP contribution in [0, 0.1) is 5.82 Å². The minimum absolute atomic E-state index is 0.183. The minimum Gasteiger partial charge on any atom is -0.368 e. The molecule has 5 rings (SSSR count). The average Bonchev–Trinajstić information content (AvgIpc) is 2.80. The van der Waals surface area contributed by atoms with Gasteiger partial charge >= 0.3 is 0 Å². The van der Waals surface area contributed by atoms with Crippen molar-refractivity contribution in [2.45, 2.75) is 6.54 Å². The second-order valence-electron chi connectivity index (χ2n) is 7.80. The molecule has 0 aliphatic carbocycles.